The van der Waals surface area contributed by atoms with Gasteiger partial charge in [0.2, 0.25) is 5.89 Å². The molecule has 0 aliphatic rings. The lowest BCUT2D eigenvalue weighted by Gasteiger charge is -2.04. The Morgan fingerprint density at radius 1 is 1.55 bits per heavy atom. The molecule has 0 saturated heterocycles. The topological polar surface area (TPSA) is 68.0 Å². The molecule has 1 N–H and O–H groups in total. The molecule has 5 nitrogen and oxygen atoms in total. The van der Waals surface area contributed by atoms with Gasteiger partial charge in [0.25, 0.3) is 5.91 Å². The maximum absolute atomic E-state index is 13.1. The van der Waals surface area contributed by atoms with E-state index in [1.807, 2.05) is 6.26 Å². The molecule has 2 rings (SSSR count). The quantitative estimate of drug-likeness (QED) is 0.918. The smallest absolute Gasteiger partial charge is 0.253 e. The zero-order chi connectivity index (χ0) is 14.5. The molecule has 1 aromatic carbocycles. The molecule has 8 heteroatoms. The molecule has 0 aliphatic carbocycles. The van der Waals surface area contributed by atoms with Crippen LogP contribution >= 0.6 is 23.4 Å². The normalized spacial score (nSPS) is 10.6. The average Bonchev–Trinajstić information content (AvgIpc) is 2.87. The average molecular weight is 316 g/mol. The van der Waals surface area contributed by atoms with Crippen LogP contribution in [0.1, 0.15) is 22.1 Å². The molecule has 0 aliphatic heterocycles. The highest BCUT2D eigenvalue weighted by Crippen LogP contribution is 2.17. The number of aromatic nitrogens is 2. The van der Waals surface area contributed by atoms with Crippen molar-refractivity contribution in [3.8, 4) is 0 Å². The number of benzene rings is 1. The van der Waals surface area contributed by atoms with Gasteiger partial charge in [-0.3, -0.25) is 4.79 Å². The van der Waals surface area contributed by atoms with Crippen molar-refractivity contribution in [2.45, 2.75) is 12.3 Å². The maximum Gasteiger partial charge on any atom is 0.253 e. The molecule has 106 valence electrons. The molecule has 1 heterocycles. The summed E-state index contributed by atoms with van der Waals surface area (Å²) in [4.78, 5) is 16.0. The van der Waals surface area contributed by atoms with Crippen LogP contribution < -0.4 is 5.32 Å². The third-order valence-corrected chi connectivity index (χ3v) is 3.23. The Kier molecular flexibility index (Phi) is 4.97. The van der Waals surface area contributed by atoms with Gasteiger partial charge in [-0.05, 0) is 24.5 Å². The summed E-state index contributed by atoms with van der Waals surface area (Å²) in [6.45, 7) is 0.0626. The molecule has 0 fully saturated rings. The Morgan fingerprint density at radius 2 is 2.35 bits per heavy atom. The minimum absolute atomic E-state index is 0.0626. The second-order valence-electron chi connectivity index (χ2n) is 3.84. The number of halogens is 2. The van der Waals surface area contributed by atoms with Crippen LogP contribution in [0.15, 0.2) is 22.7 Å². The van der Waals surface area contributed by atoms with Crippen molar-refractivity contribution in [2.24, 2.45) is 0 Å². The Bertz CT molecular complexity index is 620. The van der Waals surface area contributed by atoms with Gasteiger partial charge in [0, 0.05) is 0 Å². The van der Waals surface area contributed by atoms with Gasteiger partial charge in [0.1, 0.15) is 5.82 Å². The number of rotatable bonds is 5. The molecular formula is C12H11ClFN3O2S. The second kappa shape index (κ2) is 6.71. The lowest BCUT2D eigenvalue weighted by molar-refractivity contribution is 0.0946. The molecule has 0 spiro atoms. The first-order chi connectivity index (χ1) is 9.60. The van der Waals surface area contributed by atoms with Crippen LogP contribution in [0.5, 0.6) is 0 Å². The van der Waals surface area contributed by atoms with Crippen LogP contribution in [0, 0.1) is 5.82 Å². The largest absolute Gasteiger partial charge is 0.343 e. The number of amides is 1. The van der Waals surface area contributed by atoms with E-state index in [9.17, 15) is 9.18 Å². The number of hydrogen-bond acceptors (Lipinski definition) is 5. The highest BCUT2D eigenvalue weighted by Gasteiger charge is 2.13. The predicted octanol–water partition coefficient (Wildman–Crippen LogP) is 2.66. The molecule has 20 heavy (non-hydrogen) atoms. The van der Waals surface area contributed by atoms with Crippen molar-refractivity contribution < 1.29 is 13.7 Å². The van der Waals surface area contributed by atoms with E-state index in [1.54, 1.807) is 11.8 Å². The Hall–Kier alpha value is -1.60. The van der Waals surface area contributed by atoms with E-state index in [1.165, 1.54) is 12.1 Å². The minimum Gasteiger partial charge on any atom is -0.343 e. The molecule has 2 aromatic rings. The first kappa shape index (κ1) is 14.8. The lowest BCUT2D eigenvalue weighted by Crippen LogP contribution is -2.23. The molecule has 0 atom stereocenters. The Balaban J connectivity index is 1.99. The van der Waals surface area contributed by atoms with Gasteiger partial charge in [-0.2, -0.15) is 16.7 Å². The van der Waals surface area contributed by atoms with Crippen LogP contribution in [0.25, 0.3) is 0 Å². The summed E-state index contributed by atoms with van der Waals surface area (Å²) in [6, 6.07) is 3.59. The summed E-state index contributed by atoms with van der Waals surface area (Å²) in [6.07, 6.45) is 1.92. The molecule has 0 saturated carbocycles. The van der Waals surface area contributed by atoms with E-state index < -0.39 is 11.7 Å². The Morgan fingerprint density at radius 3 is 3.10 bits per heavy atom. The highest BCUT2D eigenvalue weighted by molar-refractivity contribution is 7.97. The summed E-state index contributed by atoms with van der Waals surface area (Å²) < 4.78 is 18.0. The van der Waals surface area contributed by atoms with Crippen LogP contribution in [0.4, 0.5) is 4.39 Å². The van der Waals surface area contributed by atoms with E-state index in [-0.39, 0.29) is 23.0 Å². The number of carbonyl (C=O) groups is 1. The zero-order valence-electron chi connectivity index (χ0n) is 10.5. The zero-order valence-corrected chi connectivity index (χ0v) is 12.1. The Labute approximate surface area is 123 Å². The molecule has 0 radical (unpaired) electrons. The van der Waals surface area contributed by atoms with Crippen molar-refractivity contribution in [3.05, 3.63) is 46.3 Å². The van der Waals surface area contributed by atoms with Crippen LogP contribution in [0.3, 0.4) is 0 Å². The predicted molar refractivity (Wildman–Crippen MR) is 74.1 cm³/mol. The standard InChI is InChI=1S/C12H11ClFN3O2S/c1-20-6-10-16-11(19-17-10)5-15-12(18)8-4-7(14)2-3-9(8)13/h2-4H,5-6H2,1H3,(H,15,18). The maximum atomic E-state index is 13.1. The van der Waals surface area contributed by atoms with Gasteiger partial charge in [-0.1, -0.05) is 16.8 Å². The number of carbonyl (C=O) groups excluding carboxylic acids is 1. The monoisotopic (exact) mass is 315 g/mol. The summed E-state index contributed by atoms with van der Waals surface area (Å²) in [5.74, 6) is 0.451. The fourth-order valence-electron chi connectivity index (χ4n) is 1.47. The van der Waals surface area contributed by atoms with E-state index in [2.05, 4.69) is 15.5 Å². The number of hydrogen-bond donors (Lipinski definition) is 1. The molecule has 1 aromatic heterocycles. The number of nitrogens with zero attached hydrogens (tertiary/aromatic N) is 2. The number of nitrogens with one attached hydrogen (secondary N) is 1. The third kappa shape index (κ3) is 3.71. The molecule has 0 bridgehead atoms. The highest BCUT2D eigenvalue weighted by atomic mass is 35.5. The van der Waals surface area contributed by atoms with Gasteiger partial charge >= 0.3 is 0 Å². The van der Waals surface area contributed by atoms with Crippen LogP contribution in [0.2, 0.25) is 5.02 Å². The van der Waals surface area contributed by atoms with Gasteiger partial charge in [-0.25, -0.2) is 4.39 Å². The van der Waals surface area contributed by atoms with E-state index in [0.717, 1.165) is 6.07 Å². The van der Waals surface area contributed by atoms with Crippen molar-refractivity contribution in [1.82, 2.24) is 15.5 Å². The van der Waals surface area contributed by atoms with Gasteiger partial charge in [-0.15, -0.1) is 0 Å². The fraction of sp³-hybridized carbons (Fsp3) is 0.250. The van der Waals surface area contributed by atoms with Gasteiger partial charge < -0.3 is 9.84 Å². The van der Waals surface area contributed by atoms with Gasteiger partial charge in [0.15, 0.2) is 5.82 Å². The van der Waals surface area contributed by atoms with Crippen LogP contribution in [-0.2, 0) is 12.3 Å². The molecule has 1 amide bonds. The molecule has 0 unspecified atom stereocenters. The van der Waals surface area contributed by atoms with Crippen LogP contribution in [-0.4, -0.2) is 22.3 Å². The fourth-order valence-corrected chi connectivity index (χ4v) is 2.05. The second-order valence-corrected chi connectivity index (χ2v) is 5.12. The van der Waals surface area contributed by atoms with E-state index in [4.69, 9.17) is 16.1 Å². The minimum atomic E-state index is -0.528. The first-order valence-electron chi connectivity index (χ1n) is 5.64. The van der Waals surface area contributed by atoms with Crippen molar-refractivity contribution in [3.63, 3.8) is 0 Å². The first-order valence-corrected chi connectivity index (χ1v) is 7.41. The summed E-state index contributed by atoms with van der Waals surface area (Å²) in [5, 5.41) is 6.47. The molecular weight excluding hydrogens is 305 g/mol. The van der Waals surface area contributed by atoms with Crippen molar-refractivity contribution >= 4 is 29.3 Å². The van der Waals surface area contributed by atoms with Crippen molar-refractivity contribution in [2.75, 3.05) is 6.26 Å². The summed E-state index contributed by atoms with van der Waals surface area (Å²) >= 11 is 7.40. The summed E-state index contributed by atoms with van der Waals surface area (Å²) in [5.41, 5.74) is 0.0653. The third-order valence-electron chi connectivity index (χ3n) is 2.36. The van der Waals surface area contributed by atoms with Gasteiger partial charge in [0.05, 0.1) is 22.9 Å². The van der Waals surface area contributed by atoms with E-state index >= 15 is 0 Å². The SMILES string of the molecule is CSCc1noc(CNC(=O)c2cc(F)ccc2Cl)n1. The van der Waals surface area contributed by atoms with Crippen molar-refractivity contribution in [1.29, 1.82) is 0 Å². The lowest BCUT2D eigenvalue weighted by atomic mass is 10.2. The summed E-state index contributed by atoms with van der Waals surface area (Å²) in [7, 11) is 0. The number of thioether (sulfide) groups is 1. The van der Waals surface area contributed by atoms with E-state index in [0.29, 0.717) is 11.6 Å².